The number of fused-ring (bicyclic) bond motifs is 12. The number of unbranched alkanes of at least 4 members (excludes halogenated alkanes) is 3. The molecule has 546 valence electrons. The Hall–Kier alpha value is -12.8. The normalized spacial score (nSPS) is 11.9. The number of aryl methyl sites for hydroxylation is 2. The monoisotopic (exact) mass is 1440 g/mol. The summed E-state index contributed by atoms with van der Waals surface area (Å²) in [6.45, 7) is 19.3. The molecule has 15 rings (SSSR count). The number of ether oxygens (including phenoxy) is 1. The Kier molecular flexibility index (Phi) is 22.8. The van der Waals surface area contributed by atoms with Crippen LogP contribution in [0.5, 0.6) is 0 Å². The predicted molar refractivity (Wildman–Crippen MR) is 439 cm³/mol. The molecule has 0 unspecified atom stereocenters. The smallest absolute Gasteiger partial charge is 0.331 e. The van der Waals surface area contributed by atoms with Gasteiger partial charge in [-0.15, -0.1) is 0 Å². The third kappa shape index (κ3) is 16.3. The first-order valence-corrected chi connectivity index (χ1v) is 36.9. The fourth-order valence-electron chi connectivity index (χ4n) is 14.3. The highest BCUT2D eigenvalue weighted by atomic mass is 16.7. The highest BCUT2D eigenvalue weighted by Gasteiger charge is 2.21. The second-order valence-electron chi connectivity index (χ2n) is 27.1. The van der Waals surface area contributed by atoms with E-state index >= 15 is 0 Å². The number of carbonyl (C=O) groups is 6. The first kappa shape index (κ1) is 74.5. The lowest BCUT2D eigenvalue weighted by Gasteiger charge is -2.08. The van der Waals surface area contributed by atoms with E-state index in [-0.39, 0.29) is 17.3 Å². The number of nitrogens with zero attached hydrogens (tertiary/aromatic N) is 6. The first-order chi connectivity index (χ1) is 52.9. The SMILES string of the molecule is CCCCCCn1c2ccc(C(=O)c3ccc4ccccc4c3)cc2c2cc(/C(C)=N/OC(C)=O)ccc21.CCOCCn1c2ccc(C(=O)c3ccc4ccccc4c3)cc2c2cc(/C(C)=N/OC(C)=O)ccc21.CCn1c2ccc(C(=O)c3ccc4ccccc4c3)cc2c2cc(/C(C)=N/OC(C)=O)ccc21. The van der Waals surface area contributed by atoms with E-state index < -0.39 is 17.9 Å². The zero-order valence-electron chi connectivity index (χ0n) is 62.6. The maximum atomic E-state index is 13.6. The molecule has 0 aliphatic rings. The van der Waals surface area contributed by atoms with Gasteiger partial charge in [0.1, 0.15) is 0 Å². The molecule has 3 heterocycles. The molecule has 0 spiro atoms. The maximum absolute atomic E-state index is 13.6. The molecule has 3 aromatic heterocycles. The van der Waals surface area contributed by atoms with E-state index in [1.54, 1.807) is 13.8 Å². The summed E-state index contributed by atoms with van der Waals surface area (Å²) >= 11 is 0. The minimum atomic E-state index is -0.468. The van der Waals surface area contributed by atoms with Crippen LogP contribution in [0.4, 0.5) is 0 Å². The fourth-order valence-corrected chi connectivity index (χ4v) is 14.3. The van der Waals surface area contributed by atoms with Crippen molar-refractivity contribution in [2.24, 2.45) is 15.5 Å². The van der Waals surface area contributed by atoms with Crippen molar-refractivity contribution >= 4 is 150 Å². The maximum Gasteiger partial charge on any atom is 0.331 e. The van der Waals surface area contributed by atoms with Crippen molar-refractivity contribution < 1.29 is 48.0 Å². The van der Waals surface area contributed by atoms with Gasteiger partial charge >= 0.3 is 17.9 Å². The van der Waals surface area contributed by atoms with Gasteiger partial charge in [0.05, 0.1) is 23.7 Å². The van der Waals surface area contributed by atoms with E-state index in [1.807, 2.05) is 226 Å². The fraction of sp³-hybridized carbons (Fsp3) is 0.194. The van der Waals surface area contributed by atoms with Gasteiger partial charge in [-0.3, -0.25) is 14.4 Å². The predicted octanol–water partition coefficient (Wildman–Crippen LogP) is 21.0. The number of benzene rings is 12. The van der Waals surface area contributed by atoms with Crippen LogP contribution in [0.2, 0.25) is 0 Å². The molecule has 0 N–H and O–H groups in total. The summed E-state index contributed by atoms with van der Waals surface area (Å²) in [7, 11) is 0. The molecule has 0 amide bonds. The van der Waals surface area contributed by atoms with Crippen molar-refractivity contribution in [2.45, 2.75) is 108 Å². The summed E-state index contributed by atoms with van der Waals surface area (Å²) in [4.78, 5) is 88.6. The van der Waals surface area contributed by atoms with Crippen LogP contribution in [0, 0.1) is 0 Å². The summed E-state index contributed by atoms with van der Waals surface area (Å²) in [5, 5.41) is 24.4. The zero-order valence-corrected chi connectivity index (χ0v) is 62.6. The topological polar surface area (TPSA) is 191 Å². The third-order valence-corrected chi connectivity index (χ3v) is 19.8. The Bertz CT molecular complexity index is 6190. The van der Waals surface area contributed by atoms with E-state index in [2.05, 4.69) is 67.3 Å². The first-order valence-electron chi connectivity index (χ1n) is 36.9. The molecule has 0 saturated carbocycles. The molecule has 16 heteroatoms. The molecule has 0 fully saturated rings. The molecular formula is C93H84N6O10. The number of aromatic nitrogens is 3. The molecular weight excluding hydrogens is 1360 g/mol. The molecule has 0 bridgehead atoms. The minimum Gasteiger partial charge on any atom is -0.380 e. The number of rotatable bonds is 22. The van der Waals surface area contributed by atoms with Crippen LogP contribution in [0.15, 0.2) is 252 Å². The van der Waals surface area contributed by atoms with E-state index in [9.17, 15) is 28.8 Å². The Morgan fingerprint density at radius 2 is 0.569 bits per heavy atom. The number of carbonyl (C=O) groups excluding carboxylic acids is 6. The van der Waals surface area contributed by atoms with Gasteiger partial charge in [-0.1, -0.05) is 169 Å². The van der Waals surface area contributed by atoms with Gasteiger partial charge in [0.25, 0.3) is 0 Å². The summed E-state index contributed by atoms with van der Waals surface area (Å²) in [5.74, 6) is -1.40. The van der Waals surface area contributed by atoms with E-state index in [0.717, 1.165) is 134 Å². The second-order valence-corrected chi connectivity index (χ2v) is 27.1. The van der Waals surface area contributed by atoms with E-state index in [0.29, 0.717) is 70.3 Å². The Morgan fingerprint density at radius 1 is 0.294 bits per heavy atom. The largest absolute Gasteiger partial charge is 0.380 e. The number of ketones is 3. The molecule has 16 nitrogen and oxygen atoms in total. The van der Waals surface area contributed by atoms with Gasteiger partial charge in [-0.2, -0.15) is 0 Å². The van der Waals surface area contributed by atoms with Gasteiger partial charge < -0.3 is 33.0 Å². The number of hydrogen-bond donors (Lipinski definition) is 0. The van der Waals surface area contributed by atoms with Gasteiger partial charge in [0, 0.05) is 146 Å². The number of oxime groups is 3. The zero-order chi connectivity index (χ0) is 76.4. The Morgan fingerprint density at radius 3 is 0.872 bits per heavy atom. The van der Waals surface area contributed by atoms with Gasteiger partial charge in [0.2, 0.25) is 0 Å². The van der Waals surface area contributed by atoms with Crippen LogP contribution in [0.1, 0.15) is 152 Å². The quantitative estimate of drug-likeness (QED) is 0.0207. The van der Waals surface area contributed by atoms with Crippen molar-refractivity contribution in [1.29, 1.82) is 0 Å². The molecule has 0 atom stereocenters. The van der Waals surface area contributed by atoms with Crippen molar-refractivity contribution in [3.05, 3.63) is 287 Å². The minimum absolute atomic E-state index is 0.00487. The van der Waals surface area contributed by atoms with Crippen molar-refractivity contribution in [2.75, 3.05) is 13.2 Å². The Balaban J connectivity index is 0.000000144. The van der Waals surface area contributed by atoms with Gasteiger partial charge in [-0.05, 0) is 199 Å². The molecule has 0 radical (unpaired) electrons. The average molecular weight is 1450 g/mol. The lowest BCUT2D eigenvalue weighted by molar-refractivity contribution is -0.141. The van der Waals surface area contributed by atoms with Crippen LogP contribution in [0.3, 0.4) is 0 Å². The summed E-state index contributed by atoms with van der Waals surface area (Å²) < 4.78 is 12.4. The van der Waals surface area contributed by atoms with Crippen molar-refractivity contribution in [3.8, 4) is 0 Å². The summed E-state index contributed by atoms with van der Waals surface area (Å²) in [6.07, 6.45) is 4.69. The standard InChI is InChI=1S/C33H32N2O3.C31H28N2O4.C29H24N2O3/c1-4-5-6-9-18-35-31-16-14-25(22(2)34-38-23(3)36)20-29(31)30-21-28(15-17-32(30)35)33(37)27-13-12-24-10-7-8-11-26(24)19-27;1-4-36-16-15-33-29-13-11-23(20(2)32-37-21(3)34)18-27(29)28-19-26(12-14-30(28)33)31(35)25-10-9-22-7-5-6-8-24(22)17-25;1-4-31-27-13-11-21(18(2)30-34-19(3)32)16-25(27)26-17-24(12-14-28(26)31)29(33)23-10-9-20-7-5-6-8-22(20)15-23/h7-8,10-17,19-21H,4-6,9,18H2,1-3H3;5-14,17-19H,4,15-16H2,1-3H3;5-17H,4H2,1-3H3/b34-22+;32-20+;30-18+. The third-order valence-electron chi connectivity index (χ3n) is 19.8. The van der Waals surface area contributed by atoms with Crippen LogP contribution in [0.25, 0.3) is 97.7 Å². The molecule has 0 saturated heterocycles. The highest BCUT2D eigenvalue weighted by Crippen LogP contribution is 2.36. The van der Waals surface area contributed by atoms with Gasteiger partial charge in [-0.25, -0.2) is 14.4 Å². The summed E-state index contributed by atoms with van der Waals surface area (Å²) in [5.41, 5.74) is 14.8. The van der Waals surface area contributed by atoms with Crippen LogP contribution >= 0.6 is 0 Å². The Labute approximate surface area is 631 Å². The summed E-state index contributed by atoms with van der Waals surface area (Å²) in [6, 6.07) is 77.7. The molecule has 0 aliphatic heterocycles. The number of hydrogen-bond acceptors (Lipinski definition) is 13. The highest BCUT2D eigenvalue weighted by molar-refractivity contribution is 6.20. The molecule has 12 aromatic carbocycles. The lowest BCUT2D eigenvalue weighted by Crippen LogP contribution is -2.06. The molecule has 0 aliphatic carbocycles. The van der Waals surface area contributed by atoms with Crippen molar-refractivity contribution in [3.63, 3.8) is 0 Å². The van der Waals surface area contributed by atoms with Crippen LogP contribution in [-0.4, -0.2) is 79.3 Å². The van der Waals surface area contributed by atoms with E-state index in [4.69, 9.17) is 19.2 Å². The molecule has 15 aromatic rings. The van der Waals surface area contributed by atoms with Crippen LogP contribution < -0.4 is 0 Å². The second kappa shape index (κ2) is 33.3. The van der Waals surface area contributed by atoms with Crippen molar-refractivity contribution in [1.82, 2.24) is 13.7 Å². The van der Waals surface area contributed by atoms with E-state index in [1.165, 1.54) is 40.0 Å². The lowest BCUT2D eigenvalue weighted by atomic mass is 9.98. The molecule has 109 heavy (non-hydrogen) atoms. The average Bonchev–Trinajstić information content (AvgIpc) is 1.61. The van der Waals surface area contributed by atoms with Gasteiger partial charge in [0.15, 0.2) is 17.3 Å². The van der Waals surface area contributed by atoms with Crippen LogP contribution in [-0.2, 0) is 53.3 Å².